The summed E-state index contributed by atoms with van der Waals surface area (Å²) in [4.78, 5) is 4.08. The third-order valence-electron chi connectivity index (χ3n) is 4.91. The number of benzene rings is 2. The van der Waals surface area contributed by atoms with Crippen molar-refractivity contribution >= 4 is 11.1 Å². The summed E-state index contributed by atoms with van der Waals surface area (Å²) in [5.41, 5.74) is 6.33. The number of nitrogens with zero attached hydrogens (tertiary/aromatic N) is 2. The second kappa shape index (κ2) is 9.76. The van der Waals surface area contributed by atoms with Gasteiger partial charge in [-0.1, -0.05) is 38.1 Å². The van der Waals surface area contributed by atoms with Gasteiger partial charge in [-0.25, -0.2) is 0 Å². The van der Waals surface area contributed by atoms with Crippen LogP contribution < -0.4 is 0 Å². The van der Waals surface area contributed by atoms with E-state index in [9.17, 15) is 10.2 Å². The van der Waals surface area contributed by atoms with Crippen LogP contribution in [0.5, 0.6) is 11.5 Å². The van der Waals surface area contributed by atoms with Crippen molar-refractivity contribution < 1.29 is 10.2 Å². The highest BCUT2D eigenvalue weighted by Gasteiger charge is 2.13. The summed E-state index contributed by atoms with van der Waals surface area (Å²) >= 11 is 0. The molecule has 2 N–H and O–H groups in total. The van der Waals surface area contributed by atoms with Crippen molar-refractivity contribution in [3.63, 3.8) is 0 Å². The predicted octanol–water partition coefficient (Wildman–Crippen LogP) is 4.95. The van der Waals surface area contributed by atoms with Crippen molar-refractivity contribution in [1.29, 1.82) is 0 Å². The number of hydrogen-bond acceptors (Lipinski definition) is 4. The van der Waals surface area contributed by atoms with Crippen LogP contribution in [-0.2, 0) is 13.1 Å². The van der Waals surface area contributed by atoms with Crippen molar-refractivity contribution in [2.24, 2.45) is 0 Å². The SMILES string of the molecule is CCC(=C(CC)c1ccc(CN(C)C)c(O)c1)c1ccc(CN(C)C)c(O)c1. The van der Waals surface area contributed by atoms with Gasteiger partial charge in [0.25, 0.3) is 0 Å². The van der Waals surface area contributed by atoms with Gasteiger partial charge >= 0.3 is 0 Å². The van der Waals surface area contributed by atoms with Gasteiger partial charge in [0.05, 0.1) is 0 Å². The van der Waals surface area contributed by atoms with Crippen LogP contribution in [-0.4, -0.2) is 48.2 Å². The van der Waals surface area contributed by atoms with E-state index in [1.54, 1.807) is 0 Å². The molecule has 0 unspecified atom stereocenters. The molecular weight excluding hydrogens is 348 g/mol. The molecule has 4 nitrogen and oxygen atoms in total. The van der Waals surface area contributed by atoms with E-state index in [-0.39, 0.29) is 0 Å². The summed E-state index contributed by atoms with van der Waals surface area (Å²) in [6.07, 6.45) is 1.71. The molecule has 0 spiro atoms. The Kier molecular flexibility index (Phi) is 7.67. The first-order valence-electron chi connectivity index (χ1n) is 9.92. The number of aromatic hydroxyl groups is 2. The van der Waals surface area contributed by atoms with E-state index in [1.165, 1.54) is 11.1 Å². The van der Waals surface area contributed by atoms with E-state index in [0.717, 1.165) is 35.1 Å². The van der Waals surface area contributed by atoms with Crippen molar-refractivity contribution in [2.75, 3.05) is 28.2 Å². The number of hydrogen-bond donors (Lipinski definition) is 2. The highest BCUT2D eigenvalue weighted by molar-refractivity contribution is 5.91. The highest BCUT2D eigenvalue weighted by atomic mass is 16.3. The lowest BCUT2D eigenvalue weighted by atomic mass is 9.90. The first kappa shape index (κ1) is 22.0. The molecule has 2 aromatic rings. The van der Waals surface area contributed by atoms with Crippen molar-refractivity contribution in [3.05, 3.63) is 58.7 Å². The van der Waals surface area contributed by atoms with Gasteiger partial charge in [-0.15, -0.1) is 0 Å². The lowest BCUT2D eigenvalue weighted by molar-refractivity contribution is 0.386. The lowest BCUT2D eigenvalue weighted by Crippen LogP contribution is -2.11. The molecule has 28 heavy (non-hydrogen) atoms. The average molecular weight is 383 g/mol. The molecule has 0 aliphatic heterocycles. The van der Waals surface area contributed by atoms with Gasteiger partial charge in [-0.2, -0.15) is 0 Å². The molecule has 0 aliphatic rings. The van der Waals surface area contributed by atoms with Gasteiger partial charge in [-0.3, -0.25) is 0 Å². The quantitative estimate of drug-likeness (QED) is 0.634. The molecule has 152 valence electrons. The average Bonchev–Trinajstić information content (AvgIpc) is 2.62. The molecule has 0 amide bonds. The van der Waals surface area contributed by atoms with E-state index in [2.05, 4.69) is 26.0 Å². The van der Waals surface area contributed by atoms with Crippen LogP contribution >= 0.6 is 0 Å². The van der Waals surface area contributed by atoms with Crippen LogP contribution in [0.3, 0.4) is 0 Å². The van der Waals surface area contributed by atoms with Gasteiger partial charge in [-0.05, 0) is 75.4 Å². The van der Waals surface area contributed by atoms with Gasteiger partial charge in [0.2, 0.25) is 0 Å². The monoisotopic (exact) mass is 382 g/mol. The Bertz CT molecular complexity index is 769. The second-order valence-corrected chi connectivity index (χ2v) is 7.83. The molecule has 0 saturated carbocycles. The Morgan fingerprint density at radius 3 is 1.29 bits per heavy atom. The Balaban J connectivity index is 2.48. The molecule has 0 saturated heterocycles. The molecule has 0 aliphatic carbocycles. The Labute approximate surface area is 169 Å². The van der Waals surface area contributed by atoms with Crippen molar-refractivity contribution in [2.45, 2.75) is 39.8 Å². The van der Waals surface area contributed by atoms with E-state index >= 15 is 0 Å². The number of phenols is 2. The van der Waals surface area contributed by atoms with Gasteiger partial charge < -0.3 is 20.0 Å². The zero-order chi connectivity index (χ0) is 20.8. The van der Waals surface area contributed by atoms with Crippen molar-refractivity contribution in [1.82, 2.24) is 9.80 Å². The van der Waals surface area contributed by atoms with Crippen molar-refractivity contribution in [3.8, 4) is 11.5 Å². The second-order valence-electron chi connectivity index (χ2n) is 7.83. The number of allylic oxidation sites excluding steroid dienone is 2. The first-order valence-corrected chi connectivity index (χ1v) is 9.92. The fraction of sp³-hybridized carbons (Fsp3) is 0.417. The molecule has 0 heterocycles. The van der Waals surface area contributed by atoms with Crippen LogP contribution in [0.4, 0.5) is 0 Å². The maximum absolute atomic E-state index is 10.5. The van der Waals surface area contributed by atoms with Gasteiger partial charge in [0.1, 0.15) is 11.5 Å². The Morgan fingerprint density at radius 1 is 0.679 bits per heavy atom. The topological polar surface area (TPSA) is 46.9 Å². The van der Waals surface area contributed by atoms with Gasteiger partial charge in [0, 0.05) is 24.2 Å². The predicted molar refractivity (Wildman–Crippen MR) is 118 cm³/mol. The molecule has 0 atom stereocenters. The summed E-state index contributed by atoms with van der Waals surface area (Å²) in [5, 5.41) is 21.0. The molecule has 0 aromatic heterocycles. The highest BCUT2D eigenvalue weighted by Crippen LogP contribution is 2.35. The van der Waals surface area contributed by atoms with Crippen LogP contribution in [0.15, 0.2) is 36.4 Å². The van der Waals surface area contributed by atoms with Gasteiger partial charge in [0.15, 0.2) is 0 Å². The third-order valence-corrected chi connectivity index (χ3v) is 4.91. The molecular formula is C24H34N2O2. The number of rotatable bonds is 8. The molecule has 2 rings (SSSR count). The molecule has 0 radical (unpaired) electrons. The summed E-state index contributed by atoms with van der Waals surface area (Å²) in [6.45, 7) is 5.68. The van der Waals surface area contributed by atoms with E-state index < -0.39 is 0 Å². The summed E-state index contributed by atoms with van der Waals surface area (Å²) in [7, 11) is 7.97. The van der Waals surface area contributed by atoms with Crippen LogP contribution in [0.2, 0.25) is 0 Å². The maximum atomic E-state index is 10.5. The molecule has 0 fully saturated rings. The maximum Gasteiger partial charge on any atom is 0.120 e. The standard InChI is InChI=1S/C24H34N2O2/c1-7-21(17-9-11-19(15-25(3)4)23(27)13-17)22(8-2)18-10-12-20(16-26(5)6)24(28)14-18/h9-14,27-28H,7-8,15-16H2,1-6H3. The molecule has 0 bridgehead atoms. The third kappa shape index (κ3) is 5.37. The summed E-state index contributed by atoms with van der Waals surface area (Å²) < 4.78 is 0. The summed E-state index contributed by atoms with van der Waals surface area (Å²) in [5.74, 6) is 0.661. The zero-order valence-electron chi connectivity index (χ0n) is 18.1. The Morgan fingerprint density at radius 2 is 1.04 bits per heavy atom. The molecule has 2 aromatic carbocycles. The minimum atomic E-state index is 0.330. The fourth-order valence-electron chi connectivity index (χ4n) is 3.64. The van der Waals surface area contributed by atoms with Crippen LogP contribution in [0, 0.1) is 0 Å². The van der Waals surface area contributed by atoms with E-state index in [1.807, 2.05) is 62.3 Å². The zero-order valence-corrected chi connectivity index (χ0v) is 18.1. The normalized spacial score (nSPS) is 12.6. The minimum absolute atomic E-state index is 0.330. The number of phenolic OH excluding ortho intramolecular Hbond substituents is 2. The van der Waals surface area contributed by atoms with Crippen LogP contribution in [0.25, 0.3) is 11.1 Å². The molecule has 4 heteroatoms. The fourth-order valence-corrected chi connectivity index (χ4v) is 3.64. The van der Waals surface area contributed by atoms with E-state index in [4.69, 9.17) is 0 Å². The largest absolute Gasteiger partial charge is 0.508 e. The Hall–Kier alpha value is -2.30. The van der Waals surface area contributed by atoms with Crippen LogP contribution in [0.1, 0.15) is 48.9 Å². The minimum Gasteiger partial charge on any atom is -0.508 e. The summed E-state index contributed by atoms with van der Waals surface area (Å²) in [6, 6.07) is 11.9. The lowest BCUT2D eigenvalue weighted by Gasteiger charge is -2.18. The smallest absolute Gasteiger partial charge is 0.120 e. The van der Waals surface area contributed by atoms with E-state index in [0.29, 0.717) is 24.6 Å². The first-order chi connectivity index (χ1) is 13.3.